The van der Waals surface area contributed by atoms with Crippen molar-refractivity contribution in [1.82, 2.24) is 5.32 Å². The number of carbonyl (C=O) groups excluding carboxylic acids is 1. The average molecular weight is 378 g/mol. The fraction of sp³-hybridized carbons (Fsp3) is 0.0952. The molecule has 1 N–H and O–H groups in total. The third-order valence-corrected chi connectivity index (χ3v) is 7.83. The molecule has 0 unspecified atom stereocenters. The summed E-state index contributed by atoms with van der Waals surface area (Å²) < 4.78 is 21.1. The molecular formula is C21H19N2O3P. The van der Waals surface area contributed by atoms with Crippen molar-refractivity contribution in [1.29, 1.82) is 0 Å². The van der Waals surface area contributed by atoms with E-state index in [-0.39, 0.29) is 6.03 Å². The van der Waals surface area contributed by atoms with Crippen molar-refractivity contribution in [3.05, 3.63) is 90.5 Å². The first-order chi connectivity index (χ1) is 13.1. The maximum Gasteiger partial charge on any atom is 0.328 e. The van der Waals surface area contributed by atoms with E-state index in [1.54, 1.807) is 19.2 Å². The molecule has 0 saturated carbocycles. The lowest BCUT2D eigenvalue weighted by Crippen LogP contribution is -2.28. The van der Waals surface area contributed by atoms with Crippen LogP contribution in [0.5, 0.6) is 5.75 Å². The standard InChI is InChI=1S/C21H19N2O3P/c1-26-18-14-12-16(13-15-18)20-22-21(24)23(17-8-4-2-5-9-17)27(20,25)19-10-6-3-7-11-19/h2-15,20H,1H3,(H,22,24)/t20-,27+/m1/s1. The molecule has 5 nitrogen and oxygen atoms in total. The Morgan fingerprint density at radius 1 is 0.889 bits per heavy atom. The zero-order valence-corrected chi connectivity index (χ0v) is 15.7. The van der Waals surface area contributed by atoms with E-state index in [0.29, 0.717) is 16.7 Å². The highest BCUT2D eigenvalue weighted by atomic mass is 31.2. The zero-order chi connectivity index (χ0) is 18.9. The predicted molar refractivity (Wildman–Crippen MR) is 107 cm³/mol. The summed E-state index contributed by atoms with van der Waals surface area (Å²) in [6, 6.07) is 25.2. The lowest BCUT2D eigenvalue weighted by Gasteiger charge is -2.27. The molecule has 136 valence electrons. The van der Waals surface area contributed by atoms with Crippen LogP contribution in [0, 0.1) is 0 Å². The minimum atomic E-state index is -3.33. The first-order valence-electron chi connectivity index (χ1n) is 8.60. The van der Waals surface area contributed by atoms with Gasteiger partial charge in [-0.15, -0.1) is 0 Å². The molecule has 2 atom stereocenters. The number of nitrogens with zero attached hydrogens (tertiary/aromatic N) is 1. The number of benzene rings is 3. The summed E-state index contributed by atoms with van der Waals surface area (Å²) in [4.78, 5) is 12.9. The molecule has 0 aliphatic carbocycles. The Morgan fingerprint density at radius 2 is 1.48 bits per heavy atom. The maximum absolute atomic E-state index is 14.5. The molecular weight excluding hydrogens is 359 g/mol. The first-order valence-corrected chi connectivity index (χ1v) is 10.3. The molecule has 1 saturated heterocycles. The molecule has 4 rings (SSSR count). The van der Waals surface area contributed by atoms with Gasteiger partial charge in [-0.05, 0) is 42.0 Å². The fourth-order valence-electron chi connectivity index (χ4n) is 3.35. The smallest absolute Gasteiger partial charge is 0.328 e. The van der Waals surface area contributed by atoms with Gasteiger partial charge in [0.2, 0.25) is 7.29 Å². The minimum absolute atomic E-state index is 0.366. The van der Waals surface area contributed by atoms with Gasteiger partial charge >= 0.3 is 6.03 Å². The highest BCUT2D eigenvalue weighted by molar-refractivity contribution is 7.74. The second-order valence-corrected chi connectivity index (χ2v) is 8.91. The van der Waals surface area contributed by atoms with Crippen molar-refractivity contribution in [2.24, 2.45) is 0 Å². The molecule has 2 amide bonds. The topological polar surface area (TPSA) is 58.6 Å². The second-order valence-electron chi connectivity index (χ2n) is 6.23. The molecule has 0 bridgehead atoms. The second kappa shape index (κ2) is 6.93. The van der Waals surface area contributed by atoms with Crippen molar-refractivity contribution in [3.8, 4) is 5.75 Å². The molecule has 3 aromatic rings. The molecule has 3 aromatic carbocycles. The lowest BCUT2D eigenvalue weighted by atomic mass is 10.2. The van der Waals surface area contributed by atoms with Gasteiger partial charge in [0.25, 0.3) is 0 Å². The van der Waals surface area contributed by atoms with E-state index in [9.17, 15) is 9.36 Å². The number of methoxy groups -OCH3 is 1. The summed E-state index contributed by atoms with van der Waals surface area (Å²) in [7, 11) is -1.74. The van der Waals surface area contributed by atoms with Crippen molar-refractivity contribution in [2.75, 3.05) is 11.8 Å². The number of nitrogens with one attached hydrogen (secondary N) is 1. The number of anilines is 1. The molecule has 6 heteroatoms. The zero-order valence-electron chi connectivity index (χ0n) is 14.8. The number of hydrogen-bond donors (Lipinski definition) is 1. The van der Waals surface area contributed by atoms with E-state index in [1.165, 1.54) is 4.67 Å². The van der Waals surface area contributed by atoms with Crippen LogP contribution in [0.15, 0.2) is 84.9 Å². The Labute approximate surface area is 158 Å². The summed E-state index contributed by atoms with van der Waals surface area (Å²) in [5, 5.41) is 3.56. The minimum Gasteiger partial charge on any atom is -0.497 e. The van der Waals surface area contributed by atoms with E-state index < -0.39 is 13.1 Å². The SMILES string of the molecule is COc1ccc([C@@H]2NC(=O)N(c3ccccc3)[P@]2(=O)c2ccccc2)cc1. The van der Waals surface area contributed by atoms with Crippen molar-refractivity contribution >= 4 is 24.3 Å². The first kappa shape index (κ1) is 17.4. The Morgan fingerprint density at radius 3 is 2.07 bits per heavy atom. The molecule has 1 aliphatic heterocycles. The Bertz CT molecular complexity index is 991. The van der Waals surface area contributed by atoms with Crippen LogP contribution in [0.3, 0.4) is 0 Å². The van der Waals surface area contributed by atoms with Gasteiger partial charge < -0.3 is 10.1 Å². The summed E-state index contributed by atoms with van der Waals surface area (Å²) in [5.41, 5.74) is 1.38. The third kappa shape index (κ3) is 2.90. The van der Waals surface area contributed by atoms with E-state index in [0.717, 1.165) is 5.56 Å². The van der Waals surface area contributed by atoms with E-state index in [4.69, 9.17) is 4.74 Å². The third-order valence-electron chi connectivity index (χ3n) is 4.66. The normalized spacial score (nSPS) is 21.7. The fourth-order valence-corrected chi connectivity index (χ4v) is 6.38. The maximum atomic E-state index is 14.5. The number of para-hydroxylation sites is 1. The predicted octanol–water partition coefficient (Wildman–Crippen LogP) is 4.53. The van der Waals surface area contributed by atoms with Crippen LogP contribution in [-0.4, -0.2) is 13.1 Å². The Kier molecular flexibility index (Phi) is 4.46. The van der Waals surface area contributed by atoms with Gasteiger partial charge in [0.15, 0.2) is 0 Å². The average Bonchev–Trinajstić information content (AvgIpc) is 3.01. The quantitative estimate of drug-likeness (QED) is 0.679. The molecule has 1 fully saturated rings. The van der Waals surface area contributed by atoms with Gasteiger partial charge in [0.05, 0.1) is 12.8 Å². The van der Waals surface area contributed by atoms with Crippen LogP contribution in [-0.2, 0) is 4.57 Å². The summed E-state index contributed by atoms with van der Waals surface area (Å²) >= 11 is 0. The van der Waals surface area contributed by atoms with Gasteiger partial charge in [0, 0.05) is 5.30 Å². The van der Waals surface area contributed by atoms with Crippen molar-refractivity contribution in [3.63, 3.8) is 0 Å². The van der Waals surface area contributed by atoms with Gasteiger partial charge in [0.1, 0.15) is 11.5 Å². The molecule has 1 heterocycles. The van der Waals surface area contributed by atoms with Crippen LogP contribution in [0.25, 0.3) is 0 Å². The Balaban J connectivity index is 1.88. The van der Waals surface area contributed by atoms with E-state index >= 15 is 0 Å². The van der Waals surface area contributed by atoms with Crippen LogP contribution < -0.4 is 20.0 Å². The number of ether oxygens (including phenoxy) is 1. The molecule has 0 spiro atoms. The van der Waals surface area contributed by atoms with Gasteiger partial charge in [-0.25, -0.2) is 9.46 Å². The molecule has 0 radical (unpaired) electrons. The number of carbonyl (C=O) groups is 1. The van der Waals surface area contributed by atoms with Crippen LogP contribution >= 0.6 is 7.29 Å². The van der Waals surface area contributed by atoms with Gasteiger partial charge in [-0.1, -0.05) is 48.5 Å². The number of hydrogen-bond acceptors (Lipinski definition) is 3. The molecule has 1 aliphatic rings. The lowest BCUT2D eigenvalue weighted by molar-refractivity contribution is 0.251. The monoisotopic (exact) mass is 378 g/mol. The van der Waals surface area contributed by atoms with Gasteiger partial charge in [-0.2, -0.15) is 0 Å². The van der Waals surface area contributed by atoms with E-state index in [2.05, 4.69) is 5.32 Å². The Hall–Kier alpha value is -3.04. The number of amides is 2. The highest BCUT2D eigenvalue weighted by Gasteiger charge is 2.51. The number of rotatable bonds is 4. The summed E-state index contributed by atoms with van der Waals surface area (Å²) in [6.45, 7) is 0. The largest absolute Gasteiger partial charge is 0.497 e. The van der Waals surface area contributed by atoms with Crippen LogP contribution in [0.2, 0.25) is 0 Å². The van der Waals surface area contributed by atoms with Crippen LogP contribution in [0.1, 0.15) is 11.3 Å². The van der Waals surface area contributed by atoms with Gasteiger partial charge in [-0.3, -0.25) is 4.57 Å². The molecule has 27 heavy (non-hydrogen) atoms. The van der Waals surface area contributed by atoms with Crippen molar-refractivity contribution < 1.29 is 14.1 Å². The van der Waals surface area contributed by atoms with Crippen molar-refractivity contribution in [2.45, 2.75) is 5.78 Å². The molecule has 0 aromatic heterocycles. The van der Waals surface area contributed by atoms with E-state index in [1.807, 2.05) is 72.8 Å². The number of urea groups is 1. The summed E-state index contributed by atoms with van der Waals surface area (Å²) in [6.07, 6.45) is 0. The summed E-state index contributed by atoms with van der Waals surface area (Å²) in [5.74, 6) is 0.0658. The highest BCUT2D eigenvalue weighted by Crippen LogP contribution is 2.64. The van der Waals surface area contributed by atoms with Crippen LogP contribution in [0.4, 0.5) is 10.5 Å².